The summed E-state index contributed by atoms with van der Waals surface area (Å²) >= 11 is 6.08. The Hall–Kier alpha value is -2.18. The van der Waals surface area contributed by atoms with Crippen molar-refractivity contribution in [1.29, 1.82) is 0 Å². The molecule has 3 rings (SSSR count). The summed E-state index contributed by atoms with van der Waals surface area (Å²) in [6.07, 6.45) is 5.13. The topological polar surface area (TPSA) is 83.9 Å². The molecule has 0 aliphatic carbocycles. The van der Waals surface area contributed by atoms with Crippen molar-refractivity contribution in [1.82, 2.24) is 19.9 Å². The second-order valence-electron chi connectivity index (χ2n) is 5.97. The Morgan fingerprint density at radius 3 is 2.83 bits per heavy atom. The number of fused-ring (bicyclic) bond motifs is 1. The highest BCUT2D eigenvalue weighted by atomic mass is 35.5. The van der Waals surface area contributed by atoms with E-state index in [0.29, 0.717) is 22.4 Å². The molecule has 6 nitrogen and oxygen atoms in total. The first kappa shape index (κ1) is 15.7. The van der Waals surface area contributed by atoms with E-state index in [9.17, 15) is 5.11 Å². The zero-order chi connectivity index (χ0) is 16.6. The molecule has 0 aliphatic heterocycles. The van der Waals surface area contributed by atoms with Gasteiger partial charge in [0.1, 0.15) is 12.3 Å². The van der Waals surface area contributed by atoms with Crippen molar-refractivity contribution in [3.63, 3.8) is 0 Å². The fraction of sp³-hybridized carbons (Fsp3) is 0.312. The quantitative estimate of drug-likeness (QED) is 0.717. The minimum Gasteiger partial charge on any atom is -0.473 e. The lowest BCUT2D eigenvalue weighted by Gasteiger charge is -2.17. The summed E-state index contributed by atoms with van der Waals surface area (Å²) in [7, 11) is 0. The molecular formula is C16H17ClN4O2. The predicted molar refractivity (Wildman–Crippen MR) is 88.7 cm³/mol. The van der Waals surface area contributed by atoms with Gasteiger partial charge in [0.2, 0.25) is 5.88 Å². The first-order valence-electron chi connectivity index (χ1n) is 7.16. The minimum atomic E-state index is -0.923. The molecule has 120 valence electrons. The van der Waals surface area contributed by atoms with Crippen LogP contribution in [0.3, 0.4) is 0 Å². The van der Waals surface area contributed by atoms with Crippen molar-refractivity contribution in [3.8, 4) is 17.1 Å². The fourth-order valence-electron chi connectivity index (χ4n) is 2.22. The van der Waals surface area contributed by atoms with Gasteiger partial charge in [-0.25, -0.2) is 15.0 Å². The molecule has 3 heterocycles. The first-order valence-corrected chi connectivity index (χ1v) is 7.54. The first-order chi connectivity index (χ1) is 10.8. The number of rotatable bonds is 4. The Balaban J connectivity index is 1.94. The van der Waals surface area contributed by atoms with E-state index in [-0.39, 0.29) is 6.61 Å². The highest BCUT2D eigenvalue weighted by Crippen LogP contribution is 2.30. The highest BCUT2D eigenvalue weighted by molar-refractivity contribution is 6.34. The van der Waals surface area contributed by atoms with Gasteiger partial charge < -0.3 is 14.8 Å². The maximum Gasteiger partial charge on any atom is 0.235 e. The monoisotopic (exact) mass is 332 g/mol. The Bertz CT molecular complexity index is 855. The molecule has 0 amide bonds. The van der Waals surface area contributed by atoms with Crippen LogP contribution < -0.4 is 4.74 Å². The molecule has 7 heteroatoms. The van der Waals surface area contributed by atoms with Gasteiger partial charge in [0.15, 0.2) is 5.15 Å². The second kappa shape index (κ2) is 5.79. The summed E-state index contributed by atoms with van der Waals surface area (Å²) in [5.74, 6) is 0.412. The Kier molecular flexibility index (Phi) is 3.95. The average molecular weight is 333 g/mol. The number of pyridine rings is 1. The van der Waals surface area contributed by atoms with Crippen molar-refractivity contribution < 1.29 is 9.84 Å². The van der Waals surface area contributed by atoms with Gasteiger partial charge >= 0.3 is 0 Å². The molecule has 23 heavy (non-hydrogen) atoms. The van der Waals surface area contributed by atoms with Crippen LogP contribution in [0.1, 0.15) is 19.5 Å². The Morgan fingerprint density at radius 1 is 1.35 bits per heavy atom. The van der Waals surface area contributed by atoms with E-state index in [0.717, 1.165) is 16.5 Å². The van der Waals surface area contributed by atoms with Gasteiger partial charge in [0, 0.05) is 23.3 Å². The maximum absolute atomic E-state index is 9.72. The third-order valence-corrected chi connectivity index (χ3v) is 3.58. The molecule has 0 spiro atoms. The highest BCUT2D eigenvalue weighted by Gasteiger charge is 2.16. The molecule has 0 aromatic carbocycles. The van der Waals surface area contributed by atoms with E-state index in [1.54, 1.807) is 26.2 Å². The Morgan fingerprint density at radius 2 is 2.13 bits per heavy atom. The van der Waals surface area contributed by atoms with Crippen LogP contribution in [0.5, 0.6) is 5.88 Å². The van der Waals surface area contributed by atoms with Crippen LogP contribution in [0.25, 0.3) is 22.2 Å². The van der Waals surface area contributed by atoms with Crippen LogP contribution in [0.4, 0.5) is 0 Å². The SMILES string of the molecule is Cc1nc(-c2c[nH]c3c(Cl)nccc23)cnc1OCC(C)(C)O. The van der Waals surface area contributed by atoms with E-state index in [1.807, 2.05) is 19.2 Å². The van der Waals surface area contributed by atoms with E-state index >= 15 is 0 Å². The zero-order valence-electron chi connectivity index (χ0n) is 13.1. The second-order valence-corrected chi connectivity index (χ2v) is 6.33. The molecule has 2 N–H and O–H groups in total. The molecule has 0 bridgehead atoms. The molecule has 0 aliphatic rings. The van der Waals surface area contributed by atoms with Crippen LogP contribution >= 0.6 is 11.6 Å². The summed E-state index contributed by atoms with van der Waals surface area (Å²) in [6, 6.07) is 1.88. The molecule has 0 radical (unpaired) electrons. The summed E-state index contributed by atoms with van der Waals surface area (Å²) in [6.45, 7) is 5.32. The maximum atomic E-state index is 9.72. The van der Waals surface area contributed by atoms with Gasteiger partial charge in [0.25, 0.3) is 0 Å². The number of hydrogen-bond acceptors (Lipinski definition) is 5. The summed E-state index contributed by atoms with van der Waals surface area (Å²) in [5.41, 5.74) is 2.11. The smallest absolute Gasteiger partial charge is 0.235 e. The van der Waals surface area contributed by atoms with Crippen molar-refractivity contribution in [2.75, 3.05) is 6.61 Å². The summed E-state index contributed by atoms with van der Waals surface area (Å²) in [4.78, 5) is 16.0. The number of nitrogens with zero attached hydrogens (tertiary/aromatic N) is 3. The summed E-state index contributed by atoms with van der Waals surface area (Å²) < 4.78 is 5.52. The molecular weight excluding hydrogens is 316 g/mol. The van der Waals surface area contributed by atoms with Crippen molar-refractivity contribution in [2.45, 2.75) is 26.4 Å². The number of aromatic amines is 1. The van der Waals surface area contributed by atoms with E-state index in [1.165, 1.54) is 0 Å². The van der Waals surface area contributed by atoms with Crippen LogP contribution in [0.2, 0.25) is 5.15 Å². The number of hydrogen-bond donors (Lipinski definition) is 2. The normalized spacial score (nSPS) is 11.9. The van der Waals surface area contributed by atoms with Gasteiger partial charge in [-0.1, -0.05) is 11.6 Å². The lowest BCUT2D eigenvalue weighted by Crippen LogP contribution is -2.28. The third kappa shape index (κ3) is 3.28. The predicted octanol–water partition coefficient (Wildman–Crippen LogP) is 3.13. The largest absolute Gasteiger partial charge is 0.473 e. The molecule has 0 fully saturated rings. The molecule has 3 aromatic heterocycles. The molecule has 0 saturated heterocycles. The number of nitrogens with one attached hydrogen (secondary N) is 1. The van der Waals surface area contributed by atoms with Gasteiger partial charge in [-0.3, -0.25) is 0 Å². The van der Waals surface area contributed by atoms with E-state index < -0.39 is 5.60 Å². The number of H-pyrrole nitrogens is 1. The number of ether oxygens (including phenoxy) is 1. The molecule has 3 aromatic rings. The standard InChI is InChI=1S/C16H17ClN4O2/c1-9-15(23-8-16(2,3)22)20-7-12(21-9)11-6-19-13-10(11)4-5-18-14(13)17/h4-7,19,22H,8H2,1-3H3. The number of aryl methyl sites for hydroxylation is 1. The van der Waals surface area contributed by atoms with E-state index in [4.69, 9.17) is 16.3 Å². The van der Waals surface area contributed by atoms with Crippen molar-refractivity contribution in [3.05, 3.63) is 35.5 Å². The van der Waals surface area contributed by atoms with Gasteiger partial charge in [-0.05, 0) is 26.8 Å². The summed E-state index contributed by atoms with van der Waals surface area (Å²) in [5, 5.41) is 11.1. The minimum absolute atomic E-state index is 0.149. The van der Waals surface area contributed by atoms with Gasteiger partial charge in [0.05, 0.1) is 23.0 Å². The lowest BCUT2D eigenvalue weighted by atomic mass is 10.1. The van der Waals surface area contributed by atoms with E-state index in [2.05, 4.69) is 19.9 Å². The zero-order valence-corrected chi connectivity index (χ0v) is 13.8. The van der Waals surface area contributed by atoms with Crippen LogP contribution in [0, 0.1) is 6.92 Å². The third-order valence-electron chi connectivity index (χ3n) is 3.30. The molecule has 0 unspecified atom stereocenters. The number of halogens is 1. The van der Waals surface area contributed by atoms with Crippen molar-refractivity contribution >= 4 is 22.5 Å². The van der Waals surface area contributed by atoms with Crippen LogP contribution in [-0.2, 0) is 0 Å². The van der Waals surface area contributed by atoms with Gasteiger partial charge in [-0.15, -0.1) is 0 Å². The number of aliphatic hydroxyl groups is 1. The Labute approximate surface area is 138 Å². The fourth-order valence-corrected chi connectivity index (χ4v) is 2.43. The van der Waals surface area contributed by atoms with Crippen LogP contribution in [-0.4, -0.2) is 37.3 Å². The number of aromatic nitrogens is 4. The van der Waals surface area contributed by atoms with Gasteiger partial charge in [-0.2, -0.15) is 0 Å². The average Bonchev–Trinajstić information content (AvgIpc) is 2.90. The molecule has 0 saturated carbocycles. The van der Waals surface area contributed by atoms with Crippen LogP contribution in [0.15, 0.2) is 24.7 Å². The van der Waals surface area contributed by atoms with Crippen molar-refractivity contribution in [2.24, 2.45) is 0 Å². The molecule has 0 atom stereocenters. The lowest BCUT2D eigenvalue weighted by molar-refractivity contribution is 0.0264.